The summed E-state index contributed by atoms with van der Waals surface area (Å²) < 4.78 is 16.4. The lowest BCUT2D eigenvalue weighted by Crippen LogP contribution is -2.24. The van der Waals surface area contributed by atoms with E-state index in [1.807, 2.05) is 25.7 Å². The molecule has 1 amide bonds. The lowest BCUT2D eigenvalue weighted by atomic mass is 10.0. The standard InChI is InChI=1S/C22H26FN7OS/c1-12(26-13(2)31)15-10-14(6-7-16(15)23)21-27-18-19-17(25-11-30(19)5)20(28-22(18)32-21)24-8-9-29(3)4/h6-7,10-12H,8-9H2,1-5H3,(H,24,28)(H,26,31). The maximum absolute atomic E-state index is 14.4. The van der Waals surface area contributed by atoms with Crippen LogP contribution in [-0.2, 0) is 11.8 Å². The summed E-state index contributed by atoms with van der Waals surface area (Å²) in [4.78, 5) is 28.4. The van der Waals surface area contributed by atoms with Crippen LogP contribution < -0.4 is 10.6 Å². The van der Waals surface area contributed by atoms with E-state index in [-0.39, 0.29) is 11.7 Å². The number of hydrogen-bond acceptors (Lipinski definition) is 7. The lowest BCUT2D eigenvalue weighted by Gasteiger charge is -2.14. The highest BCUT2D eigenvalue weighted by molar-refractivity contribution is 7.21. The smallest absolute Gasteiger partial charge is 0.217 e. The minimum atomic E-state index is -0.448. The van der Waals surface area contributed by atoms with Crippen molar-refractivity contribution in [2.45, 2.75) is 19.9 Å². The number of thiazole rings is 1. The third kappa shape index (κ3) is 4.28. The number of fused-ring (bicyclic) bond motifs is 3. The summed E-state index contributed by atoms with van der Waals surface area (Å²) in [7, 11) is 5.98. The molecule has 1 atom stereocenters. The van der Waals surface area contributed by atoms with Crippen molar-refractivity contribution < 1.29 is 9.18 Å². The third-order valence-electron chi connectivity index (χ3n) is 5.19. The summed E-state index contributed by atoms with van der Waals surface area (Å²) in [6.07, 6.45) is 1.76. The maximum atomic E-state index is 14.4. The highest BCUT2D eigenvalue weighted by Gasteiger charge is 2.19. The highest BCUT2D eigenvalue weighted by Crippen LogP contribution is 2.36. The number of likely N-dealkylation sites (N-methyl/N-ethyl adjacent to an activating group) is 1. The van der Waals surface area contributed by atoms with Crippen LogP contribution in [0.2, 0.25) is 0 Å². The van der Waals surface area contributed by atoms with Gasteiger partial charge >= 0.3 is 0 Å². The molecule has 0 bridgehead atoms. The molecule has 168 valence electrons. The summed E-state index contributed by atoms with van der Waals surface area (Å²) in [6, 6.07) is 4.41. The van der Waals surface area contributed by atoms with Crippen LogP contribution in [0.4, 0.5) is 10.2 Å². The summed E-state index contributed by atoms with van der Waals surface area (Å²) in [6.45, 7) is 4.78. The SMILES string of the molecule is CC(=O)NC(C)c1cc(-c2nc3c(nc(NCCN(C)C)c4ncn(C)c43)s2)ccc1F. The van der Waals surface area contributed by atoms with Crippen LogP contribution in [0.25, 0.3) is 32.0 Å². The second-order valence-electron chi connectivity index (χ2n) is 8.07. The molecular weight excluding hydrogens is 429 g/mol. The summed E-state index contributed by atoms with van der Waals surface area (Å²) in [5.74, 6) is 0.152. The molecule has 3 aromatic heterocycles. The Kier molecular flexibility index (Phi) is 6.07. The first-order valence-corrected chi connectivity index (χ1v) is 11.1. The van der Waals surface area contributed by atoms with Gasteiger partial charge < -0.3 is 20.1 Å². The maximum Gasteiger partial charge on any atom is 0.217 e. The van der Waals surface area contributed by atoms with Crippen molar-refractivity contribution in [1.29, 1.82) is 0 Å². The zero-order chi connectivity index (χ0) is 23.0. The molecule has 32 heavy (non-hydrogen) atoms. The van der Waals surface area contributed by atoms with E-state index in [2.05, 4.69) is 20.5 Å². The Balaban J connectivity index is 1.78. The second kappa shape index (κ2) is 8.79. The van der Waals surface area contributed by atoms with Crippen LogP contribution in [-0.4, -0.2) is 57.5 Å². The molecule has 0 radical (unpaired) electrons. The molecule has 8 nitrogen and oxygen atoms in total. The number of anilines is 1. The molecule has 0 saturated heterocycles. The largest absolute Gasteiger partial charge is 0.367 e. The van der Waals surface area contributed by atoms with Gasteiger partial charge in [-0.15, -0.1) is 0 Å². The minimum absolute atomic E-state index is 0.209. The Morgan fingerprint density at radius 3 is 2.78 bits per heavy atom. The van der Waals surface area contributed by atoms with Crippen LogP contribution in [0, 0.1) is 5.82 Å². The molecule has 0 saturated carbocycles. The average Bonchev–Trinajstić information content (AvgIpc) is 3.31. The lowest BCUT2D eigenvalue weighted by molar-refractivity contribution is -0.119. The molecule has 1 aromatic carbocycles. The second-order valence-corrected chi connectivity index (χ2v) is 9.05. The quantitative estimate of drug-likeness (QED) is 0.443. The van der Waals surface area contributed by atoms with E-state index in [1.54, 1.807) is 25.4 Å². The molecule has 0 aliphatic heterocycles. The fourth-order valence-corrected chi connectivity index (χ4v) is 4.56. The molecule has 0 aliphatic rings. The number of benzene rings is 1. The van der Waals surface area contributed by atoms with E-state index in [4.69, 9.17) is 9.97 Å². The summed E-state index contributed by atoms with van der Waals surface area (Å²) in [5, 5.41) is 6.85. The van der Waals surface area contributed by atoms with Crippen molar-refractivity contribution in [1.82, 2.24) is 29.7 Å². The number of aromatic nitrogens is 4. The number of rotatable bonds is 7. The predicted molar refractivity (Wildman–Crippen MR) is 126 cm³/mol. The van der Waals surface area contributed by atoms with Crippen LogP contribution in [0.3, 0.4) is 0 Å². The first-order chi connectivity index (χ1) is 15.2. The van der Waals surface area contributed by atoms with Gasteiger partial charge in [-0.1, -0.05) is 11.3 Å². The van der Waals surface area contributed by atoms with Crippen LogP contribution >= 0.6 is 11.3 Å². The molecule has 0 fully saturated rings. The summed E-state index contributed by atoms with van der Waals surface area (Å²) in [5.41, 5.74) is 3.63. The normalized spacial score (nSPS) is 12.6. The van der Waals surface area contributed by atoms with Gasteiger partial charge in [0, 0.05) is 38.2 Å². The Bertz CT molecular complexity index is 1300. The number of aryl methyl sites for hydroxylation is 1. The van der Waals surface area contributed by atoms with Crippen molar-refractivity contribution >= 4 is 44.4 Å². The monoisotopic (exact) mass is 455 g/mol. The molecule has 3 heterocycles. The Hall–Kier alpha value is -3.11. The molecular formula is C22H26FN7OS. The Morgan fingerprint density at radius 1 is 1.28 bits per heavy atom. The number of nitrogens with one attached hydrogen (secondary N) is 2. The molecule has 0 spiro atoms. The average molecular weight is 456 g/mol. The van der Waals surface area contributed by atoms with Crippen LogP contribution in [0.1, 0.15) is 25.5 Å². The molecule has 1 unspecified atom stereocenters. The Labute approximate surface area is 189 Å². The number of nitrogens with zero attached hydrogens (tertiary/aromatic N) is 5. The first-order valence-electron chi connectivity index (χ1n) is 10.3. The minimum Gasteiger partial charge on any atom is -0.367 e. The fraction of sp³-hybridized carbons (Fsp3) is 0.364. The van der Waals surface area contributed by atoms with Gasteiger partial charge in [-0.3, -0.25) is 4.79 Å². The van der Waals surface area contributed by atoms with Gasteiger partial charge in [-0.2, -0.15) is 0 Å². The first kappa shape index (κ1) is 22.1. The van der Waals surface area contributed by atoms with Gasteiger partial charge in [0.2, 0.25) is 5.91 Å². The number of carbonyl (C=O) groups is 1. The Morgan fingerprint density at radius 2 is 2.06 bits per heavy atom. The molecule has 0 aliphatic carbocycles. The highest BCUT2D eigenvalue weighted by atomic mass is 32.1. The zero-order valence-electron chi connectivity index (χ0n) is 18.7. The van der Waals surface area contributed by atoms with E-state index in [0.29, 0.717) is 5.56 Å². The number of carbonyl (C=O) groups excluding carboxylic acids is 1. The zero-order valence-corrected chi connectivity index (χ0v) is 19.5. The molecule has 10 heteroatoms. The van der Waals surface area contributed by atoms with Gasteiger partial charge in [0.05, 0.1) is 12.4 Å². The van der Waals surface area contributed by atoms with Gasteiger partial charge in [-0.05, 0) is 39.2 Å². The number of amides is 1. The summed E-state index contributed by atoms with van der Waals surface area (Å²) >= 11 is 1.45. The van der Waals surface area contributed by atoms with E-state index in [9.17, 15) is 9.18 Å². The fourth-order valence-electron chi connectivity index (χ4n) is 3.62. The van der Waals surface area contributed by atoms with E-state index < -0.39 is 6.04 Å². The van der Waals surface area contributed by atoms with E-state index in [1.165, 1.54) is 24.3 Å². The third-order valence-corrected chi connectivity index (χ3v) is 6.19. The molecule has 2 N–H and O–H groups in total. The van der Waals surface area contributed by atoms with Gasteiger partial charge in [-0.25, -0.2) is 19.3 Å². The van der Waals surface area contributed by atoms with Crippen molar-refractivity contribution in [3.63, 3.8) is 0 Å². The molecule has 4 aromatic rings. The van der Waals surface area contributed by atoms with Crippen molar-refractivity contribution in [2.24, 2.45) is 7.05 Å². The topological polar surface area (TPSA) is 88.0 Å². The van der Waals surface area contributed by atoms with Crippen molar-refractivity contribution in [3.05, 3.63) is 35.9 Å². The predicted octanol–water partition coefficient (Wildman–Crippen LogP) is 3.55. The van der Waals surface area contributed by atoms with Crippen molar-refractivity contribution in [3.8, 4) is 10.6 Å². The van der Waals surface area contributed by atoms with Crippen LogP contribution in [0.15, 0.2) is 24.5 Å². The van der Waals surface area contributed by atoms with E-state index >= 15 is 0 Å². The number of hydrogen-bond donors (Lipinski definition) is 2. The van der Waals surface area contributed by atoms with Gasteiger partial charge in [0.1, 0.15) is 32.2 Å². The van der Waals surface area contributed by atoms with Gasteiger partial charge in [0.25, 0.3) is 0 Å². The number of pyridine rings is 1. The van der Waals surface area contributed by atoms with Gasteiger partial charge in [0.15, 0.2) is 5.82 Å². The van der Waals surface area contributed by atoms with Crippen molar-refractivity contribution in [2.75, 3.05) is 32.5 Å². The molecule has 4 rings (SSSR count). The number of imidazole rings is 1. The van der Waals surface area contributed by atoms with E-state index in [0.717, 1.165) is 50.9 Å². The van der Waals surface area contributed by atoms with Crippen LogP contribution in [0.5, 0.6) is 0 Å². The number of halogens is 1.